The van der Waals surface area contributed by atoms with Gasteiger partial charge in [-0.25, -0.2) is 12.9 Å². The van der Waals surface area contributed by atoms with Crippen molar-refractivity contribution >= 4 is 44.5 Å². The highest BCUT2D eigenvalue weighted by molar-refractivity contribution is 7.89. The third kappa shape index (κ3) is 5.63. The molecule has 7 rings (SSSR count). The second-order valence-corrected chi connectivity index (χ2v) is 15.6. The Labute approximate surface area is 275 Å². The van der Waals surface area contributed by atoms with E-state index in [1.165, 1.54) is 22.7 Å². The number of morpholine rings is 1. The molecule has 3 atom stereocenters. The molecule has 3 aliphatic rings. The summed E-state index contributed by atoms with van der Waals surface area (Å²) in [5.41, 5.74) is 6.08. The molecule has 2 aromatic carbocycles. The van der Waals surface area contributed by atoms with Gasteiger partial charge in [-0.2, -0.15) is 4.31 Å². The molecule has 1 saturated carbocycles. The number of hydrogen-bond donors (Lipinski definition) is 1. The summed E-state index contributed by atoms with van der Waals surface area (Å²) < 4.78 is 38.4. The molecule has 0 spiro atoms. The van der Waals surface area contributed by atoms with Crippen LogP contribution < -0.4 is 5.32 Å². The van der Waals surface area contributed by atoms with Crippen molar-refractivity contribution in [3.05, 3.63) is 64.8 Å². The minimum absolute atomic E-state index is 0.274. The average Bonchev–Trinajstić information content (AvgIpc) is 3.47. The molecule has 0 radical (unpaired) electrons. The first-order valence-corrected chi connectivity index (χ1v) is 18.4. The zero-order valence-corrected chi connectivity index (χ0v) is 28.2. The van der Waals surface area contributed by atoms with E-state index in [1.807, 2.05) is 28.8 Å². The Hall–Kier alpha value is -2.76. The minimum Gasteiger partial charge on any atom is -0.379 e. The number of aryl methyl sites for hydroxylation is 2. The first kappa shape index (κ1) is 30.9. The van der Waals surface area contributed by atoms with E-state index >= 15 is 0 Å². The van der Waals surface area contributed by atoms with Gasteiger partial charge in [-0.15, -0.1) is 5.10 Å². The van der Waals surface area contributed by atoms with Gasteiger partial charge in [0.2, 0.25) is 10.0 Å². The van der Waals surface area contributed by atoms with E-state index in [0.717, 1.165) is 66.1 Å². The van der Waals surface area contributed by atoms with Gasteiger partial charge >= 0.3 is 0 Å². The molecule has 0 bridgehead atoms. The van der Waals surface area contributed by atoms with E-state index in [9.17, 15) is 8.42 Å². The number of hydrogen-bond acceptors (Lipinski definition) is 5. The predicted octanol–water partition coefficient (Wildman–Crippen LogP) is 6.57. The number of nitrogens with zero attached hydrogens (tertiary/aromatic N) is 4. The summed E-state index contributed by atoms with van der Waals surface area (Å²) in [5.74, 6) is 1.89. The monoisotopic (exact) mass is 665 g/mol. The van der Waals surface area contributed by atoms with E-state index in [0.29, 0.717) is 54.2 Å². The van der Waals surface area contributed by atoms with Crippen LogP contribution in [0.25, 0.3) is 28.2 Å². The Balaban J connectivity index is 1.38. The molecule has 2 aliphatic heterocycles. The molecule has 0 amide bonds. The third-order valence-electron chi connectivity index (χ3n) is 10.1. The molecule has 11 heteroatoms. The zero-order chi connectivity index (χ0) is 31.3. The number of sulfonamides is 1. The van der Waals surface area contributed by atoms with Crippen LogP contribution in [-0.4, -0.2) is 64.2 Å². The Kier molecular flexibility index (Phi) is 8.54. The van der Waals surface area contributed by atoms with Crippen molar-refractivity contribution in [3.8, 4) is 22.5 Å². The van der Waals surface area contributed by atoms with Crippen molar-refractivity contribution in [3.63, 3.8) is 0 Å². The quantitative estimate of drug-likeness (QED) is 0.235. The van der Waals surface area contributed by atoms with Gasteiger partial charge in [-0.1, -0.05) is 74.8 Å². The summed E-state index contributed by atoms with van der Waals surface area (Å²) in [4.78, 5) is 0.975. The number of benzene rings is 2. The number of rotatable bonds is 6. The molecule has 1 aliphatic carbocycles. The smallest absolute Gasteiger partial charge is 0.243 e. The number of thiocarbonyl (C=S) groups is 1. The van der Waals surface area contributed by atoms with Crippen LogP contribution in [0, 0.1) is 11.8 Å². The summed E-state index contributed by atoms with van der Waals surface area (Å²) in [6.07, 6.45) is 6.45. The molecule has 4 aromatic rings. The van der Waals surface area contributed by atoms with Crippen LogP contribution in [0.4, 0.5) is 0 Å². The van der Waals surface area contributed by atoms with E-state index in [2.05, 4.69) is 35.9 Å². The van der Waals surface area contributed by atoms with Crippen LogP contribution in [0.5, 0.6) is 0 Å². The second kappa shape index (κ2) is 12.4. The predicted molar refractivity (Wildman–Crippen MR) is 182 cm³/mol. The Morgan fingerprint density at radius 1 is 1.00 bits per heavy atom. The van der Waals surface area contributed by atoms with Gasteiger partial charge in [0.15, 0.2) is 5.82 Å². The van der Waals surface area contributed by atoms with Crippen molar-refractivity contribution in [2.24, 2.45) is 11.8 Å². The van der Waals surface area contributed by atoms with Crippen molar-refractivity contribution in [2.75, 3.05) is 26.3 Å². The van der Waals surface area contributed by atoms with Gasteiger partial charge in [-0.05, 0) is 67.3 Å². The fraction of sp³-hybridized carbons (Fsp3) is 0.471. The number of halogens is 1. The first-order valence-electron chi connectivity index (χ1n) is 16.1. The van der Waals surface area contributed by atoms with E-state index in [4.69, 9.17) is 33.7 Å². The summed E-state index contributed by atoms with van der Waals surface area (Å²) >= 11 is 12.6. The van der Waals surface area contributed by atoms with Crippen molar-refractivity contribution in [2.45, 2.75) is 69.9 Å². The molecule has 45 heavy (non-hydrogen) atoms. The van der Waals surface area contributed by atoms with Gasteiger partial charge in [0, 0.05) is 47.4 Å². The highest BCUT2D eigenvalue weighted by Crippen LogP contribution is 2.39. The molecular weight excluding hydrogens is 626 g/mol. The third-order valence-corrected chi connectivity index (χ3v) is 12.5. The molecule has 1 N–H and O–H groups in total. The lowest BCUT2D eigenvalue weighted by molar-refractivity contribution is 0.0730. The maximum Gasteiger partial charge on any atom is 0.243 e. The summed E-state index contributed by atoms with van der Waals surface area (Å²) in [7, 11) is -3.66. The van der Waals surface area contributed by atoms with Crippen molar-refractivity contribution < 1.29 is 13.2 Å². The fourth-order valence-corrected chi connectivity index (χ4v) is 9.26. The van der Waals surface area contributed by atoms with Crippen LogP contribution in [0.1, 0.15) is 57.2 Å². The largest absolute Gasteiger partial charge is 0.379 e. The van der Waals surface area contributed by atoms with Crippen LogP contribution in [0.3, 0.4) is 0 Å². The van der Waals surface area contributed by atoms with Gasteiger partial charge in [0.25, 0.3) is 0 Å². The van der Waals surface area contributed by atoms with Crippen LogP contribution >= 0.6 is 23.8 Å². The molecule has 238 valence electrons. The van der Waals surface area contributed by atoms with Gasteiger partial charge in [-0.3, -0.25) is 0 Å². The zero-order valence-electron chi connectivity index (χ0n) is 25.8. The first-order chi connectivity index (χ1) is 21.7. The maximum atomic E-state index is 13.6. The van der Waals surface area contributed by atoms with E-state index in [-0.39, 0.29) is 4.90 Å². The Bertz CT molecular complexity index is 1840. The normalized spacial score (nSPS) is 22.8. The summed E-state index contributed by atoms with van der Waals surface area (Å²) in [5, 5.41) is 9.71. The molecule has 2 fully saturated rings. The Morgan fingerprint density at radius 2 is 1.78 bits per heavy atom. The number of nitrogens with one attached hydrogen (secondary N) is 1. The number of ether oxygens (including phenoxy) is 1. The molecule has 2 aromatic heterocycles. The SMILES string of the molecule is CC1CCCC(NC(=S)c2c(-c3ccc(Cl)cc3)c3c4n(c(-c5cccc(S(=O)(=O)N6CCOCC6)c5)nn24)CCCC3)C1C. The topological polar surface area (TPSA) is 80.9 Å². The van der Waals surface area contributed by atoms with Crippen LogP contribution in [0.2, 0.25) is 5.02 Å². The second-order valence-electron chi connectivity index (χ2n) is 12.8. The summed E-state index contributed by atoms with van der Waals surface area (Å²) in [6.45, 7) is 6.97. The molecule has 8 nitrogen and oxygen atoms in total. The van der Waals surface area contributed by atoms with E-state index in [1.54, 1.807) is 12.1 Å². The Morgan fingerprint density at radius 3 is 2.56 bits per heavy atom. The fourth-order valence-electron chi connectivity index (χ4n) is 7.34. The average molecular weight is 666 g/mol. The van der Waals surface area contributed by atoms with Crippen molar-refractivity contribution in [1.29, 1.82) is 0 Å². The van der Waals surface area contributed by atoms with Gasteiger partial charge in [0.05, 0.1) is 18.1 Å². The lowest BCUT2D eigenvalue weighted by Gasteiger charge is -2.35. The van der Waals surface area contributed by atoms with Crippen LogP contribution in [0.15, 0.2) is 53.4 Å². The van der Waals surface area contributed by atoms with Gasteiger partial charge in [0.1, 0.15) is 16.3 Å². The number of aromatic nitrogens is 3. The highest BCUT2D eigenvalue weighted by Gasteiger charge is 2.33. The van der Waals surface area contributed by atoms with Crippen molar-refractivity contribution in [1.82, 2.24) is 23.8 Å². The van der Waals surface area contributed by atoms with Gasteiger partial charge < -0.3 is 14.6 Å². The molecule has 3 unspecified atom stereocenters. The molecular formula is C34H40ClN5O3S2. The lowest BCUT2D eigenvalue weighted by Crippen LogP contribution is -2.43. The summed E-state index contributed by atoms with van der Waals surface area (Å²) in [6, 6.07) is 15.5. The maximum absolute atomic E-state index is 13.6. The molecule has 4 heterocycles. The minimum atomic E-state index is -3.66. The highest BCUT2D eigenvalue weighted by atomic mass is 35.5. The van der Waals surface area contributed by atoms with Crippen LogP contribution in [-0.2, 0) is 27.7 Å². The van der Waals surface area contributed by atoms with E-state index < -0.39 is 10.0 Å². The standard InChI is InChI=1S/C34H40ClN5O3S2/c1-22-7-5-11-29(23(22)2)36-33(44)31-30(24-12-14-26(35)15-13-24)28-10-3-4-16-39-32(37-40(31)34(28)39)25-8-6-9-27(21-25)45(41,42)38-17-19-43-20-18-38/h6,8-9,12-15,21-23,29H,3-5,7,10-11,16-20H2,1-2H3,(H,36,44). The molecule has 1 saturated heterocycles. The lowest BCUT2D eigenvalue weighted by atomic mass is 9.78.